The van der Waals surface area contributed by atoms with Gasteiger partial charge in [-0.1, -0.05) is 38.9 Å². The van der Waals surface area contributed by atoms with Crippen LogP contribution < -0.4 is 11.1 Å². The van der Waals surface area contributed by atoms with Crippen LogP contribution in [0.1, 0.15) is 45.6 Å². The molecule has 0 aliphatic carbocycles. The van der Waals surface area contributed by atoms with Crippen LogP contribution in [0, 0.1) is 5.92 Å². The Hall–Kier alpha value is -1.16. The van der Waals surface area contributed by atoms with E-state index < -0.39 is 0 Å². The zero-order chi connectivity index (χ0) is 13.5. The molecule has 4 heteroatoms. The molecule has 0 aliphatic rings. The quantitative estimate of drug-likeness (QED) is 0.742. The zero-order valence-electron chi connectivity index (χ0n) is 11.4. The molecular formula is C14H23N3S. The minimum absolute atomic E-state index is 0.404. The highest BCUT2D eigenvalue weighted by Gasteiger charge is 2.08. The highest BCUT2D eigenvalue weighted by Crippen LogP contribution is 2.17. The van der Waals surface area contributed by atoms with E-state index >= 15 is 0 Å². The number of nitrogens with two attached hydrogens (primary N) is 1. The van der Waals surface area contributed by atoms with Crippen LogP contribution in [0.25, 0.3) is 0 Å². The van der Waals surface area contributed by atoms with Gasteiger partial charge in [-0.25, -0.2) is 0 Å². The van der Waals surface area contributed by atoms with Crippen molar-refractivity contribution >= 4 is 22.9 Å². The molecule has 0 saturated heterocycles. The van der Waals surface area contributed by atoms with E-state index in [1.807, 2.05) is 6.07 Å². The number of nitrogens with one attached hydrogen (secondary N) is 1. The van der Waals surface area contributed by atoms with Gasteiger partial charge in [0.15, 0.2) is 0 Å². The summed E-state index contributed by atoms with van der Waals surface area (Å²) in [7, 11) is 0. The maximum Gasteiger partial charge on any atom is 0.106 e. The van der Waals surface area contributed by atoms with Gasteiger partial charge >= 0.3 is 0 Å². The molecular weight excluding hydrogens is 242 g/mol. The molecule has 0 aromatic carbocycles. The van der Waals surface area contributed by atoms with Crippen LogP contribution in [0.5, 0.6) is 0 Å². The molecule has 1 atom stereocenters. The first-order valence-electron chi connectivity index (χ1n) is 6.51. The average molecular weight is 265 g/mol. The maximum absolute atomic E-state index is 5.69. The van der Waals surface area contributed by atoms with Crippen LogP contribution in [-0.2, 0) is 0 Å². The molecule has 3 N–H and O–H groups in total. The van der Waals surface area contributed by atoms with Crippen molar-refractivity contribution in [2.45, 2.75) is 46.1 Å². The molecule has 0 amide bonds. The van der Waals surface area contributed by atoms with Gasteiger partial charge in [-0.05, 0) is 25.3 Å². The van der Waals surface area contributed by atoms with Crippen molar-refractivity contribution in [3.8, 4) is 0 Å². The number of aromatic nitrogens is 1. The molecule has 1 rings (SSSR count). The molecule has 0 saturated carbocycles. The van der Waals surface area contributed by atoms with Gasteiger partial charge in [0.25, 0.3) is 0 Å². The summed E-state index contributed by atoms with van der Waals surface area (Å²) in [6.45, 7) is 6.69. The first kappa shape index (κ1) is 14.9. The molecule has 1 unspecified atom stereocenters. The first-order chi connectivity index (χ1) is 8.50. The van der Waals surface area contributed by atoms with Crippen molar-refractivity contribution in [2.75, 3.05) is 5.32 Å². The topological polar surface area (TPSA) is 50.9 Å². The molecule has 1 aromatic heterocycles. The highest BCUT2D eigenvalue weighted by molar-refractivity contribution is 7.80. The third kappa shape index (κ3) is 5.00. The van der Waals surface area contributed by atoms with Gasteiger partial charge in [-0.3, -0.25) is 4.98 Å². The van der Waals surface area contributed by atoms with Gasteiger partial charge in [0.05, 0.1) is 11.9 Å². The summed E-state index contributed by atoms with van der Waals surface area (Å²) in [4.78, 5) is 4.52. The minimum atomic E-state index is 0.404. The Morgan fingerprint density at radius 1 is 1.39 bits per heavy atom. The van der Waals surface area contributed by atoms with Crippen molar-refractivity contribution in [1.29, 1.82) is 0 Å². The second-order valence-electron chi connectivity index (χ2n) is 5.16. The van der Waals surface area contributed by atoms with Gasteiger partial charge in [-0.2, -0.15) is 0 Å². The van der Waals surface area contributed by atoms with Crippen molar-refractivity contribution in [3.63, 3.8) is 0 Å². The number of thiocarbonyl (C=S) groups is 1. The van der Waals surface area contributed by atoms with Gasteiger partial charge in [0.1, 0.15) is 4.99 Å². The smallest absolute Gasteiger partial charge is 0.106 e. The zero-order valence-corrected chi connectivity index (χ0v) is 12.3. The lowest BCUT2D eigenvalue weighted by Gasteiger charge is -2.17. The minimum Gasteiger partial charge on any atom is -0.389 e. The van der Waals surface area contributed by atoms with Gasteiger partial charge < -0.3 is 11.1 Å². The summed E-state index contributed by atoms with van der Waals surface area (Å²) in [6, 6.07) is 2.26. The Labute approximate surface area is 115 Å². The molecule has 0 bridgehead atoms. The van der Waals surface area contributed by atoms with E-state index in [1.165, 1.54) is 12.8 Å². The summed E-state index contributed by atoms with van der Waals surface area (Å²) in [5.41, 5.74) is 7.50. The van der Waals surface area contributed by atoms with Gasteiger partial charge in [0, 0.05) is 17.8 Å². The summed E-state index contributed by atoms with van der Waals surface area (Å²) in [5, 5.41) is 3.44. The molecule has 1 aromatic rings. The summed E-state index contributed by atoms with van der Waals surface area (Å²) in [6.07, 6.45) is 7.14. The second-order valence-corrected chi connectivity index (χ2v) is 5.60. The van der Waals surface area contributed by atoms with Crippen LogP contribution in [-0.4, -0.2) is 16.0 Å². The average Bonchev–Trinajstić information content (AvgIpc) is 2.28. The largest absolute Gasteiger partial charge is 0.389 e. The lowest BCUT2D eigenvalue weighted by atomic mass is 10.0. The normalized spacial score (nSPS) is 12.4. The molecule has 0 aliphatic heterocycles. The Kier molecular flexibility index (Phi) is 6.05. The summed E-state index contributed by atoms with van der Waals surface area (Å²) < 4.78 is 0. The SMILES string of the molecule is CC(C)CCCC(C)Nc1cnccc1C(N)=S. The summed E-state index contributed by atoms with van der Waals surface area (Å²) >= 11 is 5.03. The van der Waals surface area contributed by atoms with E-state index in [4.69, 9.17) is 18.0 Å². The van der Waals surface area contributed by atoms with E-state index in [9.17, 15) is 0 Å². The molecule has 0 fully saturated rings. The number of pyridine rings is 1. The van der Waals surface area contributed by atoms with E-state index in [0.717, 1.165) is 23.6 Å². The summed E-state index contributed by atoms with van der Waals surface area (Å²) in [5.74, 6) is 0.766. The third-order valence-corrected chi connectivity index (χ3v) is 3.13. The molecule has 0 spiro atoms. The predicted octanol–water partition coefficient (Wildman–Crippen LogP) is 3.34. The second kappa shape index (κ2) is 7.31. The molecule has 1 heterocycles. The Balaban J connectivity index is 2.53. The number of anilines is 1. The Bertz CT molecular complexity index is 390. The van der Waals surface area contributed by atoms with Crippen molar-refractivity contribution in [2.24, 2.45) is 11.7 Å². The van der Waals surface area contributed by atoms with E-state index in [2.05, 4.69) is 31.1 Å². The molecule has 18 heavy (non-hydrogen) atoms. The van der Waals surface area contributed by atoms with Gasteiger partial charge in [0.2, 0.25) is 0 Å². The van der Waals surface area contributed by atoms with E-state index in [-0.39, 0.29) is 0 Å². The highest BCUT2D eigenvalue weighted by atomic mass is 32.1. The fourth-order valence-electron chi connectivity index (χ4n) is 1.89. The molecule has 3 nitrogen and oxygen atoms in total. The van der Waals surface area contributed by atoms with E-state index in [1.54, 1.807) is 12.4 Å². The number of nitrogens with zero attached hydrogens (tertiary/aromatic N) is 1. The third-order valence-electron chi connectivity index (χ3n) is 2.91. The monoisotopic (exact) mass is 265 g/mol. The number of hydrogen-bond acceptors (Lipinski definition) is 3. The Morgan fingerprint density at radius 2 is 2.11 bits per heavy atom. The lowest BCUT2D eigenvalue weighted by molar-refractivity contribution is 0.520. The van der Waals surface area contributed by atoms with Crippen LogP contribution in [0.15, 0.2) is 18.5 Å². The number of rotatable bonds is 7. The van der Waals surface area contributed by atoms with Gasteiger partial charge in [-0.15, -0.1) is 0 Å². The predicted molar refractivity (Wildman–Crippen MR) is 81.9 cm³/mol. The Morgan fingerprint density at radius 3 is 2.72 bits per heavy atom. The van der Waals surface area contributed by atoms with Crippen LogP contribution in [0.3, 0.4) is 0 Å². The van der Waals surface area contributed by atoms with Crippen molar-refractivity contribution in [1.82, 2.24) is 4.98 Å². The fraction of sp³-hybridized carbons (Fsp3) is 0.571. The van der Waals surface area contributed by atoms with Crippen LogP contribution in [0.2, 0.25) is 0 Å². The molecule has 0 radical (unpaired) electrons. The van der Waals surface area contributed by atoms with Crippen molar-refractivity contribution in [3.05, 3.63) is 24.0 Å². The standard InChI is InChI=1S/C14H23N3S/c1-10(2)5-4-6-11(3)17-13-9-16-8-7-12(13)14(15)18/h7-11,17H,4-6H2,1-3H3,(H2,15,18). The van der Waals surface area contributed by atoms with Crippen molar-refractivity contribution < 1.29 is 0 Å². The number of hydrogen-bond donors (Lipinski definition) is 2. The fourth-order valence-corrected chi connectivity index (χ4v) is 2.07. The first-order valence-corrected chi connectivity index (χ1v) is 6.92. The van der Waals surface area contributed by atoms with Crippen LogP contribution in [0.4, 0.5) is 5.69 Å². The maximum atomic E-state index is 5.69. The molecule has 100 valence electrons. The van der Waals surface area contributed by atoms with Crippen LogP contribution >= 0.6 is 12.2 Å². The lowest BCUT2D eigenvalue weighted by Crippen LogP contribution is -2.19. The van der Waals surface area contributed by atoms with E-state index in [0.29, 0.717) is 11.0 Å².